The smallest absolute Gasteiger partial charge is 0.165 e. The highest BCUT2D eigenvalue weighted by molar-refractivity contribution is 5.75. The lowest BCUT2D eigenvalue weighted by molar-refractivity contribution is -0.141. The first-order chi connectivity index (χ1) is 8.50. The van der Waals surface area contributed by atoms with Crippen molar-refractivity contribution in [2.75, 3.05) is 13.2 Å². The lowest BCUT2D eigenvalue weighted by Crippen LogP contribution is -2.25. The molecule has 0 saturated carbocycles. The van der Waals surface area contributed by atoms with E-state index in [0.29, 0.717) is 18.5 Å². The fourth-order valence-electron chi connectivity index (χ4n) is 1.73. The third kappa shape index (κ3) is 3.05. The zero-order chi connectivity index (χ0) is 13.2. The van der Waals surface area contributed by atoms with E-state index in [9.17, 15) is 9.18 Å². The van der Waals surface area contributed by atoms with Gasteiger partial charge in [-0.25, -0.2) is 4.39 Å². The molecule has 1 aromatic rings. The van der Waals surface area contributed by atoms with Crippen LogP contribution in [0.4, 0.5) is 4.39 Å². The molecule has 0 aliphatic carbocycles. The van der Waals surface area contributed by atoms with Gasteiger partial charge in [0.05, 0.1) is 6.61 Å². The third-order valence-electron chi connectivity index (χ3n) is 2.58. The van der Waals surface area contributed by atoms with Gasteiger partial charge in [-0.15, -0.1) is 0 Å². The average molecular weight is 254 g/mol. The Labute approximate surface area is 105 Å². The molecule has 1 saturated heterocycles. The third-order valence-corrected chi connectivity index (χ3v) is 2.58. The van der Waals surface area contributed by atoms with Gasteiger partial charge in [-0.1, -0.05) is 0 Å². The molecule has 0 bridgehead atoms. The topological polar surface area (TPSA) is 44.8 Å². The Kier molecular flexibility index (Phi) is 3.63. The van der Waals surface area contributed by atoms with Crippen molar-refractivity contribution < 1.29 is 23.4 Å². The van der Waals surface area contributed by atoms with Gasteiger partial charge in [-0.2, -0.15) is 0 Å². The zero-order valence-corrected chi connectivity index (χ0v) is 10.3. The van der Waals surface area contributed by atoms with E-state index in [1.807, 2.05) is 0 Å². The summed E-state index contributed by atoms with van der Waals surface area (Å²) < 4.78 is 29.6. The zero-order valence-electron chi connectivity index (χ0n) is 10.3. The van der Waals surface area contributed by atoms with E-state index in [1.54, 1.807) is 13.8 Å². The van der Waals surface area contributed by atoms with Crippen LogP contribution in [0.3, 0.4) is 0 Å². The summed E-state index contributed by atoms with van der Waals surface area (Å²) in [6.07, 6.45) is 0.407. The molecule has 0 spiro atoms. The average Bonchev–Trinajstić information content (AvgIpc) is 2.68. The molecule has 1 fully saturated rings. The van der Waals surface area contributed by atoms with Crippen molar-refractivity contribution in [2.45, 2.75) is 25.7 Å². The summed E-state index contributed by atoms with van der Waals surface area (Å²) in [5.41, 5.74) is 0.371. The number of carbonyl (C=O) groups excluding carboxylic acids is 1. The minimum Gasteiger partial charge on any atom is -0.488 e. The maximum atomic E-state index is 13.4. The van der Waals surface area contributed by atoms with E-state index in [-0.39, 0.29) is 18.5 Å². The number of rotatable bonds is 4. The van der Waals surface area contributed by atoms with Gasteiger partial charge < -0.3 is 14.2 Å². The number of hydrogen-bond donors (Lipinski definition) is 0. The molecule has 0 aromatic heterocycles. The second-order valence-electron chi connectivity index (χ2n) is 4.57. The number of benzene rings is 1. The highest BCUT2D eigenvalue weighted by Gasteiger charge is 2.33. The molecular weight excluding hydrogens is 239 g/mol. The number of halogens is 1. The lowest BCUT2D eigenvalue weighted by atomic mass is 10.2. The van der Waals surface area contributed by atoms with Crippen molar-refractivity contribution in [1.82, 2.24) is 0 Å². The fourth-order valence-corrected chi connectivity index (χ4v) is 1.73. The minimum atomic E-state index is -0.628. The van der Waals surface area contributed by atoms with Crippen LogP contribution < -0.4 is 4.74 Å². The number of ether oxygens (including phenoxy) is 3. The Hall–Kier alpha value is -1.46. The van der Waals surface area contributed by atoms with Crippen molar-refractivity contribution in [3.63, 3.8) is 0 Å². The Morgan fingerprint density at radius 3 is 2.94 bits per heavy atom. The summed E-state index contributed by atoms with van der Waals surface area (Å²) >= 11 is 0. The van der Waals surface area contributed by atoms with Crippen LogP contribution in [0.2, 0.25) is 0 Å². The predicted molar refractivity (Wildman–Crippen MR) is 62.2 cm³/mol. The molecule has 1 heterocycles. The maximum Gasteiger partial charge on any atom is 0.165 e. The highest BCUT2D eigenvalue weighted by Crippen LogP contribution is 2.24. The summed E-state index contributed by atoms with van der Waals surface area (Å²) in [6, 6.07) is 3.96. The molecule has 1 aromatic carbocycles. The number of carbonyl (C=O) groups is 1. The molecule has 0 unspecified atom stereocenters. The largest absolute Gasteiger partial charge is 0.488 e. The van der Waals surface area contributed by atoms with Gasteiger partial charge in [0, 0.05) is 5.56 Å². The molecule has 5 heteroatoms. The van der Waals surface area contributed by atoms with Gasteiger partial charge >= 0.3 is 0 Å². The molecular formula is C13H15FO4. The van der Waals surface area contributed by atoms with E-state index in [2.05, 4.69) is 0 Å². The molecule has 0 radical (unpaired) electrons. The van der Waals surface area contributed by atoms with Crippen molar-refractivity contribution in [3.8, 4) is 5.75 Å². The molecule has 1 atom stereocenters. The van der Waals surface area contributed by atoms with Crippen molar-refractivity contribution in [2.24, 2.45) is 0 Å². The highest BCUT2D eigenvalue weighted by atomic mass is 19.1. The molecule has 98 valence electrons. The standard InChI is InChI=1S/C13H15FO4/c1-13(2)17-8-10(18-13)7-16-12-5-9(6-15)3-4-11(12)14/h3-6,10H,7-8H2,1-2H3/t10-/m0/s1. The molecule has 2 rings (SSSR count). The minimum absolute atomic E-state index is 0.0490. The summed E-state index contributed by atoms with van der Waals surface area (Å²) in [4.78, 5) is 10.6. The van der Waals surface area contributed by atoms with Crippen LogP contribution in [0.1, 0.15) is 24.2 Å². The fraction of sp³-hybridized carbons (Fsp3) is 0.462. The van der Waals surface area contributed by atoms with Gasteiger partial charge in [-0.3, -0.25) is 4.79 Å². The second kappa shape index (κ2) is 5.04. The molecule has 18 heavy (non-hydrogen) atoms. The quantitative estimate of drug-likeness (QED) is 0.772. The van der Waals surface area contributed by atoms with Crippen LogP contribution in [0.5, 0.6) is 5.75 Å². The first kappa shape index (κ1) is 13.0. The Morgan fingerprint density at radius 2 is 2.33 bits per heavy atom. The Balaban J connectivity index is 1.96. The SMILES string of the molecule is CC1(C)OC[C@H](COc2cc(C=O)ccc2F)O1. The van der Waals surface area contributed by atoms with Crippen molar-refractivity contribution in [1.29, 1.82) is 0 Å². The molecule has 1 aliphatic heterocycles. The number of aldehydes is 1. The Bertz CT molecular complexity index is 445. The van der Waals surface area contributed by atoms with Gasteiger partial charge in [0.1, 0.15) is 19.0 Å². The molecule has 0 N–H and O–H groups in total. The van der Waals surface area contributed by atoms with Crippen LogP contribution >= 0.6 is 0 Å². The summed E-state index contributed by atoms with van der Waals surface area (Å²) in [6.45, 7) is 4.20. The van der Waals surface area contributed by atoms with Crippen LogP contribution in [0.25, 0.3) is 0 Å². The van der Waals surface area contributed by atoms with E-state index in [0.717, 1.165) is 0 Å². The molecule has 4 nitrogen and oxygen atoms in total. The first-order valence-corrected chi connectivity index (χ1v) is 5.69. The summed E-state index contributed by atoms with van der Waals surface area (Å²) in [5.74, 6) is -1.08. The lowest BCUT2D eigenvalue weighted by Gasteiger charge is -2.17. The van der Waals surface area contributed by atoms with Crippen molar-refractivity contribution >= 4 is 6.29 Å². The van der Waals surface area contributed by atoms with Gasteiger partial charge in [0.15, 0.2) is 17.4 Å². The van der Waals surface area contributed by atoms with Gasteiger partial charge in [0.25, 0.3) is 0 Å². The normalized spacial score (nSPS) is 21.8. The summed E-state index contributed by atoms with van der Waals surface area (Å²) in [7, 11) is 0. The maximum absolute atomic E-state index is 13.4. The number of hydrogen-bond acceptors (Lipinski definition) is 4. The van der Waals surface area contributed by atoms with Gasteiger partial charge in [-0.05, 0) is 32.0 Å². The van der Waals surface area contributed by atoms with E-state index < -0.39 is 11.6 Å². The molecule has 1 aliphatic rings. The van der Waals surface area contributed by atoms with E-state index in [1.165, 1.54) is 18.2 Å². The monoisotopic (exact) mass is 254 g/mol. The summed E-state index contributed by atoms with van der Waals surface area (Å²) in [5, 5.41) is 0. The van der Waals surface area contributed by atoms with Crippen LogP contribution in [-0.2, 0) is 9.47 Å². The molecule has 0 amide bonds. The van der Waals surface area contributed by atoms with E-state index in [4.69, 9.17) is 14.2 Å². The first-order valence-electron chi connectivity index (χ1n) is 5.69. The van der Waals surface area contributed by atoms with E-state index >= 15 is 0 Å². The van der Waals surface area contributed by atoms with Crippen molar-refractivity contribution in [3.05, 3.63) is 29.6 Å². The predicted octanol–water partition coefficient (Wildman–Crippen LogP) is 2.17. The van der Waals surface area contributed by atoms with Gasteiger partial charge in [0.2, 0.25) is 0 Å². The Morgan fingerprint density at radius 1 is 1.56 bits per heavy atom. The second-order valence-corrected chi connectivity index (χ2v) is 4.57. The van der Waals surface area contributed by atoms with Crippen LogP contribution in [0, 0.1) is 5.82 Å². The van der Waals surface area contributed by atoms with Crippen LogP contribution in [0.15, 0.2) is 18.2 Å². The van der Waals surface area contributed by atoms with Crippen LogP contribution in [-0.4, -0.2) is 31.4 Å².